The number of para-hydroxylation sites is 1. The Morgan fingerprint density at radius 1 is 1.47 bits per heavy atom. The van der Waals surface area contributed by atoms with Crippen molar-refractivity contribution in [2.24, 2.45) is 0 Å². The van der Waals surface area contributed by atoms with Gasteiger partial charge in [-0.3, -0.25) is 4.79 Å². The summed E-state index contributed by atoms with van der Waals surface area (Å²) in [7, 11) is 1.51. The molecule has 1 N–H and O–H groups in total. The molecule has 0 heterocycles. The summed E-state index contributed by atoms with van der Waals surface area (Å²) in [5.74, 6) is 0.861. The minimum atomic E-state index is -0.916. The lowest BCUT2D eigenvalue weighted by Gasteiger charge is -2.22. The topological polar surface area (TPSA) is 55.8 Å². The standard InChI is InChI=1S/C13H18O4/c1-4-13(2,15)9-17-12-10(8-14)6-5-7-11(12)16-3/h5-8,15H,4,9H2,1-3H3. The molecule has 0 bridgehead atoms. The lowest BCUT2D eigenvalue weighted by atomic mass is 10.1. The molecule has 0 amide bonds. The molecule has 4 nitrogen and oxygen atoms in total. The van der Waals surface area contributed by atoms with E-state index in [0.29, 0.717) is 29.8 Å². The monoisotopic (exact) mass is 238 g/mol. The van der Waals surface area contributed by atoms with Crippen LogP contribution in [-0.4, -0.2) is 30.7 Å². The molecular weight excluding hydrogens is 220 g/mol. The average molecular weight is 238 g/mol. The maximum atomic E-state index is 10.9. The van der Waals surface area contributed by atoms with Crippen molar-refractivity contribution < 1.29 is 19.4 Å². The van der Waals surface area contributed by atoms with Crippen molar-refractivity contribution in [1.82, 2.24) is 0 Å². The highest BCUT2D eigenvalue weighted by molar-refractivity contribution is 5.81. The summed E-state index contributed by atoms with van der Waals surface area (Å²) in [5.41, 5.74) is -0.502. The number of benzene rings is 1. The Bertz CT molecular complexity index is 385. The minimum absolute atomic E-state index is 0.116. The molecule has 1 unspecified atom stereocenters. The highest BCUT2D eigenvalue weighted by Gasteiger charge is 2.20. The molecule has 0 aliphatic heterocycles. The summed E-state index contributed by atoms with van der Waals surface area (Å²) in [6, 6.07) is 5.07. The van der Waals surface area contributed by atoms with Gasteiger partial charge in [-0.1, -0.05) is 13.0 Å². The van der Waals surface area contributed by atoms with Crippen molar-refractivity contribution in [3.63, 3.8) is 0 Å². The van der Waals surface area contributed by atoms with Crippen molar-refractivity contribution >= 4 is 6.29 Å². The van der Waals surface area contributed by atoms with Crippen LogP contribution in [0.5, 0.6) is 11.5 Å². The van der Waals surface area contributed by atoms with Crippen LogP contribution < -0.4 is 9.47 Å². The van der Waals surface area contributed by atoms with Crippen molar-refractivity contribution in [1.29, 1.82) is 0 Å². The van der Waals surface area contributed by atoms with E-state index in [4.69, 9.17) is 9.47 Å². The van der Waals surface area contributed by atoms with E-state index in [-0.39, 0.29) is 6.61 Å². The smallest absolute Gasteiger partial charge is 0.171 e. The van der Waals surface area contributed by atoms with Gasteiger partial charge in [0.1, 0.15) is 6.61 Å². The first-order valence-electron chi connectivity index (χ1n) is 5.51. The number of carbonyl (C=O) groups excluding carboxylic acids is 1. The number of carbonyl (C=O) groups is 1. The van der Waals surface area contributed by atoms with Crippen LogP contribution >= 0.6 is 0 Å². The zero-order valence-corrected chi connectivity index (χ0v) is 10.4. The number of ether oxygens (including phenoxy) is 2. The van der Waals surface area contributed by atoms with Crippen molar-refractivity contribution in [2.45, 2.75) is 25.9 Å². The maximum absolute atomic E-state index is 10.9. The molecule has 1 aromatic carbocycles. The highest BCUT2D eigenvalue weighted by Crippen LogP contribution is 2.30. The van der Waals surface area contributed by atoms with Crippen LogP contribution in [0.1, 0.15) is 30.6 Å². The molecule has 0 aliphatic rings. The van der Waals surface area contributed by atoms with Crippen LogP contribution in [0.4, 0.5) is 0 Å². The van der Waals surface area contributed by atoms with Gasteiger partial charge >= 0.3 is 0 Å². The van der Waals surface area contributed by atoms with Gasteiger partial charge in [0.2, 0.25) is 0 Å². The summed E-state index contributed by atoms with van der Waals surface area (Å²) in [4.78, 5) is 10.9. The largest absolute Gasteiger partial charge is 0.493 e. The summed E-state index contributed by atoms with van der Waals surface area (Å²) in [6.07, 6.45) is 1.27. The molecule has 0 aliphatic carbocycles. The van der Waals surface area contributed by atoms with E-state index in [1.54, 1.807) is 25.1 Å². The Kier molecular flexibility index (Phi) is 4.52. The van der Waals surface area contributed by atoms with Gasteiger partial charge in [0.25, 0.3) is 0 Å². The van der Waals surface area contributed by atoms with E-state index in [0.717, 1.165) is 0 Å². The SMILES string of the molecule is CCC(C)(O)COc1c(C=O)cccc1OC. The van der Waals surface area contributed by atoms with Gasteiger partial charge in [-0.2, -0.15) is 0 Å². The Hall–Kier alpha value is -1.55. The predicted octanol–water partition coefficient (Wildman–Crippen LogP) is 2.05. The van der Waals surface area contributed by atoms with Crippen molar-refractivity contribution in [2.75, 3.05) is 13.7 Å². The van der Waals surface area contributed by atoms with Gasteiger partial charge in [-0.05, 0) is 25.5 Å². The van der Waals surface area contributed by atoms with Crippen LogP contribution in [0, 0.1) is 0 Å². The zero-order valence-electron chi connectivity index (χ0n) is 10.4. The normalized spacial score (nSPS) is 13.9. The van der Waals surface area contributed by atoms with Crippen LogP contribution in [-0.2, 0) is 0 Å². The van der Waals surface area contributed by atoms with Gasteiger partial charge in [0.15, 0.2) is 17.8 Å². The fourth-order valence-corrected chi connectivity index (χ4v) is 1.27. The first-order chi connectivity index (χ1) is 8.04. The van der Waals surface area contributed by atoms with Crippen molar-refractivity contribution in [3.8, 4) is 11.5 Å². The quantitative estimate of drug-likeness (QED) is 0.771. The third-order valence-corrected chi connectivity index (χ3v) is 2.65. The summed E-state index contributed by atoms with van der Waals surface area (Å²) in [6.45, 7) is 3.67. The molecular formula is C13H18O4. The van der Waals surface area contributed by atoms with E-state index >= 15 is 0 Å². The minimum Gasteiger partial charge on any atom is -0.493 e. The van der Waals surface area contributed by atoms with Gasteiger partial charge in [0, 0.05) is 0 Å². The molecule has 4 heteroatoms. The number of hydrogen-bond donors (Lipinski definition) is 1. The third kappa shape index (κ3) is 3.46. The van der Waals surface area contributed by atoms with Crippen LogP contribution in [0.25, 0.3) is 0 Å². The Morgan fingerprint density at radius 3 is 2.71 bits per heavy atom. The molecule has 0 aromatic heterocycles. The summed E-state index contributed by atoms with van der Waals surface area (Å²) >= 11 is 0. The molecule has 0 saturated carbocycles. The second-order valence-electron chi connectivity index (χ2n) is 4.14. The second kappa shape index (κ2) is 5.68. The summed E-state index contributed by atoms with van der Waals surface area (Å²) in [5, 5.41) is 9.86. The van der Waals surface area contributed by atoms with E-state index in [1.807, 2.05) is 6.92 Å². The van der Waals surface area contributed by atoms with E-state index in [2.05, 4.69) is 0 Å². The molecule has 0 saturated heterocycles. The van der Waals surface area contributed by atoms with Crippen molar-refractivity contribution in [3.05, 3.63) is 23.8 Å². The average Bonchev–Trinajstić information content (AvgIpc) is 2.35. The number of aliphatic hydroxyl groups is 1. The Morgan fingerprint density at radius 2 is 2.18 bits per heavy atom. The van der Waals surface area contributed by atoms with Gasteiger partial charge in [0.05, 0.1) is 18.3 Å². The Balaban J connectivity index is 2.92. The number of rotatable bonds is 6. The van der Waals surface area contributed by atoms with E-state index in [1.165, 1.54) is 7.11 Å². The van der Waals surface area contributed by atoms with Gasteiger partial charge in [-0.15, -0.1) is 0 Å². The highest BCUT2D eigenvalue weighted by atomic mass is 16.5. The zero-order chi connectivity index (χ0) is 12.9. The molecule has 1 aromatic rings. The fraction of sp³-hybridized carbons (Fsp3) is 0.462. The fourth-order valence-electron chi connectivity index (χ4n) is 1.27. The lowest BCUT2D eigenvalue weighted by molar-refractivity contribution is 0.00754. The molecule has 0 spiro atoms. The molecule has 0 radical (unpaired) electrons. The predicted molar refractivity (Wildman–Crippen MR) is 64.8 cm³/mol. The van der Waals surface area contributed by atoms with Gasteiger partial charge < -0.3 is 14.6 Å². The number of hydrogen-bond acceptors (Lipinski definition) is 4. The van der Waals surface area contributed by atoms with Crippen LogP contribution in [0.3, 0.4) is 0 Å². The van der Waals surface area contributed by atoms with E-state index in [9.17, 15) is 9.90 Å². The second-order valence-corrected chi connectivity index (χ2v) is 4.14. The first kappa shape index (κ1) is 13.5. The maximum Gasteiger partial charge on any atom is 0.171 e. The third-order valence-electron chi connectivity index (χ3n) is 2.65. The lowest BCUT2D eigenvalue weighted by Crippen LogP contribution is -2.31. The van der Waals surface area contributed by atoms with E-state index < -0.39 is 5.60 Å². The molecule has 1 rings (SSSR count). The number of methoxy groups -OCH3 is 1. The molecule has 94 valence electrons. The van der Waals surface area contributed by atoms with Crippen LogP contribution in [0.15, 0.2) is 18.2 Å². The molecule has 0 fully saturated rings. The van der Waals surface area contributed by atoms with Gasteiger partial charge in [-0.25, -0.2) is 0 Å². The first-order valence-corrected chi connectivity index (χ1v) is 5.51. The molecule has 1 atom stereocenters. The van der Waals surface area contributed by atoms with Crippen LogP contribution in [0.2, 0.25) is 0 Å². The molecule has 17 heavy (non-hydrogen) atoms. The Labute approximate surface area is 101 Å². The number of aldehydes is 1. The summed E-state index contributed by atoms with van der Waals surface area (Å²) < 4.78 is 10.6.